The minimum absolute atomic E-state index is 0.00431. The minimum atomic E-state index is -0.747. The van der Waals surface area contributed by atoms with E-state index < -0.39 is 23.8 Å². The van der Waals surface area contributed by atoms with Gasteiger partial charge in [-0.05, 0) is 42.9 Å². The molecule has 0 aliphatic carbocycles. The zero-order chi connectivity index (χ0) is 19.1. The number of aryl methyl sites for hydroxylation is 1. The normalized spacial score (nSPS) is 13.1. The molecule has 0 spiro atoms. The number of aliphatic hydroxyl groups excluding tert-OH is 1. The van der Waals surface area contributed by atoms with Crippen LogP contribution < -0.4 is 11.5 Å². The van der Waals surface area contributed by atoms with Crippen LogP contribution in [-0.4, -0.2) is 28.1 Å². The zero-order valence-electron chi connectivity index (χ0n) is 14.5. The maximum Gasteiger partial charge on any atom is 0.252 e. The topological polar surface area (TPSA) is 127 Å². The molecule has 0 heterocycles. The van der Waals surface area contributed by atoms with Crippen molar-refractivity contribution in [2.24, 2.45) is 17.4 Å². The highest BCUT2D eigenvalue weighted by Gasteiger charge is 2.23. The number of hydrogen-bond donors (Lipinski definition) is 4. The third kappa shape index (κ3) is 5.32. The lowest BCUT2D eigenvalue weighted by atomic mass is 9.90. The molecule has 0 bridgehead atoms. The SMILES string of the molecule is NC(=O)c1cccc(CC(CC(O)CCc2ccccc2)C(N)=O)c1O. The first-order chi connectivity index (χ1) is 12.4. The molecule has 2 aromatic carbocycles. The van der Waals surface area contributed by atoms with Gasteiger partial charge in [-0.15, -0.1) is 0 Å². The first kappa shape index (κ1) is 19.5. The van der Waals surface area contributed by atoms with Gasteiger partial charge in [0.1, 0.15) is 5.75 Å². The standard InChI is InChI=1S/C20H24N2O4/c21-19(25)15(11-14-7-4-8-17(18(14)24)20(22)26)12-16(23)10-9-13-5-2-1-3-6-13/h1-8,15-16,23-24H,9-12H2,(H2,21,25)(H2,22,26). The van der Waals surface area contributed by atoms with Crippen LogP contribution in [0.15, 0.2) is 48.5 Å². The van der Waals surface area contributed by atoms with E-state index in [0.29, 0.717) is 18.4 Å². The van der Waals surface area contributed by atoms with E-state index in [1.54, 1.807) is 12.1 Å². The molecule has 0 aromatic heterocycles. The maximum atomic E-state index is 11.8. The van der Waals surface area contributed by atoms with Gasteiger partial charge >= 0.3 is 0 Å². The average Bonchev–Trinajstić information content (AvgIpc) is 2.61. The summed E-state index contributed by atoms with van der Waals surface area (Å²) in [4.78, 5) is 23.1. The zero-order valence-corrected chi connectivity index (χ0v) is 14.5. The number of phenols is 1. The van der Waals surface area contributed by atoms with E-state index in [2.05, 4.69) is 0 Å². The Hall–Kier alpha value is -2.86. The molecule has 0 saturated carbocycles. The van der Waals surface area contributed by atoms with Crippen molar-refractivity contribution in [3.63, 3.8) is 0 Å². The van der Waals surface area contributed by atoms with E-state index in [-0.39, 0.29) is 24.2 Å². The monoisotopic (exact) mass is 356 g/mol. The number of nitrogens with two attached hydrogens (primary N) is 2. The summed E-state index contributed by atoms with van der Waals surface area (Å²) in [6.07, 6.45) is 0.804. The number of amides is 2. The van der Waals surface area contributed by atoms with Gasteiger partial charge in [0.15, 0.2) is 0 Å². The van der Waals surface area contributed by atoms with Gasteiger partial charge in [0.25, 0.3) is 5.91 Å². The van der Waals surface area contributed by atoms with E-state index in [9.17, 15) is 19.8 Å². The van der Waals surface area contributed by atoms with Crippen molar-refractivity contribution in [2.75, 3.05) is 0 Å². The molecule has 0 aliphatic heterocycles. The molecule has 6 N–H and O–H groups in total. The van der Waals surface area contributed by atoms with Crippen molar-refractivity contribution < 1.29 is 19.8 Å². The summed E-state index contributed by atoms with van der Waals surface area (Å²) in [5, 5.41) is 20.4. The van der Waals surface area contributed by atoms with Gasteiger partial charge in [-0.2, -0.15) is 0 Å². The van der Waals surface area contributed by atoms with Crippen molar-refractivity contribution in [1.82, 2.24) is 0 Å². The molecule has 0 radical (unpaired) electrons. The fourth-order valence-electron chi connectivity index (χ4n) is 2.94. The van der Waals surface area contributed by atoms with Crippen LogP contribution in [0.1, 0.15) is 34.3 Å². The first-order valence-corrected chi connectivity index (χ1v) is 8.50. The number of hydrogen-bond acceptors (Lipinski definition) is 4. The largest absolute Gasteiger partial charge is 0.507 e. The smallest absolute Gasteiger partial charge is 0.252 e. The molecule has 2 atom stereocenters. The molecule has 26 heavy (non-hydrogen) atoms. The summed E-state index contributed by atoms with van der Waals surface area (Å²) in [5.41, 5.74) is 12.2. The van der Waals surface area contributed by atoms with Crippen LogP contribution in [0, 0.1) is 5.92 Å². The second-order valence-corrected chi connectivity index (χ2v) is 6.39. The number of primary amides is 2. The summed E-state index contributed by atoms with van der Waals surface area (Å²) in [5.74, 6) is -2.21. The quantitative estimate of drug-likeness (QED) is 0.543. The Kier molecular flexibility index (Phi) is 6.74. The molecule has 0 aliphatic rings. The van der Waals surface area contributed by atoms with Gasteiger partial charge < -0.3 is 21.7 Å². The van der Waals surface area contributed by atoms with Gasteiger partial charge in [0.2, 0.25) is 5.91 Å². The van der Waals surface area contributed by atoms with E-state index >= 15 is 0 Å². The lowest BCUT2D eigenvalue weighted by molar-refractivity contribution is -0.122. The molecule has 0 saturated heterocycles. The Morgan fingerprint density at radius 1 is 1.00 bits per heavy atom. The minimum Gasteiger partial charge on any atom is -0.507 e. The van der Waals surface area contributed by atoms with E-state index in [0.717, 1.165) is 5.56 Å². The molecule has 2 rings (SSSR count). The lowest BCUT2D eigenvalue weighted by Crippen LogP contribution is -2.29. The highest BCUT2D eigenvalue weighted by molar-refractivity contribution is 5.96. The van der Waals surface area contributed by atoms with E-state index in [1.807, 2.05) is 30.3 Å². The van der Waals surface area contributed by atoms with Gasteiger partial charge in [0, 0.05) is 5.92 Å². The molecule has 6 heteroatoms. The van der Waals surface area contributed by atoms with Crippen LogP contribution in [0.5, 0.6) is 5.75 Å². The van der Waals surface area contributed by atoms with Gasteiger partial charge in [0.05, 0.1) is 11.7 Å². The molecule has 2 aromatic rings. The Morgan fingerprint density at radius 2 is 1.69 bits per heavy atom. The summed E-state index contributed by atoms with van der Waals surface area (Å²) in [6, 6.07) is 14.3. The van der Waals surface area contributed by atoms with Gasteiger partial charge in [-0.25, -0.2) is 0 Å². The predicted molar refractivity (Wildman–Crippen MR) is 98.4 cm³/mol. The van der Waals surface area contributed by atoms with Crippen LogP contribution in [0.2, 0.25) is 0 Å². The van der Waals surface area contributed by atoms with Crippen molar-refractivity contribution in [3.05, 3.63) is 65.2 Å². The second kappa shape index (κ2) is 9.01. The van der Waals surface area contributed by atoms with Crippen LogP contribution in [0.3, 0.4) is 0 Å². The van der Waals surface area contributed by atoms with Crippen molar-refractivity contribution in [2.45, 2.75) is 31.8 Å². The van der Waals surface area contributed by atoms with Crippen molar-refractivity contribution in [3.8, 4) is 5.75 Å². The predicted octanol–water partition coefficient (Wildman–Crippen LogP) is 1.52. The van der Waals surface area contributed by atoms with E-state index in [1.165, 1.54) is 6.07 Å². The summed E-state index contributed by atoms with van der Waals surface area (Å²) < 4.78 is 0. The third-order valence-corrected chi connectivity index (χ3v) is 4.42. The number of aromatic hydroxyl groups is 1. The van der Waals surface area contributed by atoms with Crippen LogP contribution in [0.4, 0.5) is 0 Å². The molecule has 2 unspecified atom stereocenters. The Balaban J connectivity index is 2.02. The van der Waals surface area contributed by atoms with E-state index in [4.69, 9.17) is 11.5 Å². The average molecular weight is 356 g/mol. The summed E-state index contributed by atoms with van der Waals surface area (Å²) >= 11 is 0. The second-order valence-electron chi connectivity index (χ2n) is 6.39. The van der Waals surface area contributed by atoms with Crippen LogP contribution in [0.25, 0.3) is 0 Å². The number of carbonyl (C=O) groups is 2. The number of aliphatic hydroxyl groups is 1. The lowest BCUT2D eigenvalue weighted by Gasteiger charge is -2.19. The Morgan fingerprint density at radius 3 is 2.31 bits per heavy atom. The van der Waals surface area contributed by atoms with Crippen LogP contribution >= 0.6 is 0 Å². The summed E-state index contributed by atoms with van der Waals surface area (Å²) in [6.45, 7) is 0. The molecule has 2 amide bonds. The Labute approximate surface area is 152 Å². The van der Waals surface area contributed by atoms with Crippen molar-refractivity contribution >= 4 is 11.8 Å². The maximum absolute atomic E-state index is 11.8. The first-order valence-electron chi connectivity index (χ1n) is 8.50. The molecular formula is C20H24N2O4. The van der Waals surface area contributed by atoms with Gasteiger partial charge in [-0.3, -0.25) is 9.59 Å². The number of benzene rings is 2. The molecule has 0 fully saturated rings. The van der Waals surface area contributed by atoms with Crippen LogP contribution in [-0.2, 0) is 17.6 Å². The fourth-order valence-corrected chi connectivity index (χ4v) is 2.94. The highest BCUT2D eigenvalue weighted by Crippen LogP contribution is 2.26. The number of carbonyl (C=O) groups excluding carboxylic acids is 2. The molecule has 6 nitrogen and oxygen atoms in total. The number of rotatable bonds is 9. The number of para-hydroxylation sites is 1. The van der Waals surface area contributed by atoms with Gasteiger partial charge in [-0.1, -0.05) is 42.5 Å². The summed E-state index contributed by atoms with van der Waals surface area (Å²) in [7, 11) is 0. The highest BCUT2D eigenvalue weighted by atomic mass is 16.3. The Bertz CT molecular complexity index is 762. The third-order valence-electron chi connectivity index (χ3n) is 4.42. The molecule has 138 valence electrons. The fraction of sp³-hybridized carbons (Fsp3) is 0.300. The van der Waals surface area contributed by atoms with Crippen molar-refractivity contribution in [1.29, 1.82) is 0 Å². The molecular weight excluding hydrogens is 332 g/mol.